The summed E-state index contributed by atoms with van der Waals surface area (Å²) in [6, 6.07) is 12.4. The zero-order valence-electron chi connectivity index (χ0n) is 18.0. The largest absolute Gasteiger partial charge is 0.348 e. The highest BCUT2D eigenvalue weighted by Gasteiger charge is 2.57. The Labute approximate surface area is 181 Å². The van der Waals surface area contributed by atoms with E-state index in [1.807, 2.05) is 26.1 Å². The first kappa shape index (κ1) is 19.9. The van der Waals surface area contributed by atoms with Gasteiger partial charge in [0.2, 0.25) is 5.89 Å². The number of nitrogens with zero attached hydrogens (tertiary/aromatic N) is 5. The lowest BCUT2D eigenvalue weighted by molar-refractivity contribution is 0.0928. The normalized spacial score (nSPS) is 25.6. The van der Waals surface area contributed by atoms with Crippen LogP contribution in [0.1, 0.15) is 47.5 Å². The molecule has 3 unspecified atom stereocenters. The summed E-state index contributed by atoms with van der Waals surface area (Å²) in [4.78, 5) is 19.8. The van der Waals surface area contributed by atoms with E-state index in [2.05, 4.69) is 49.7 Å². The number of aromatic nitrogens is 4. The lowest BCUT2D eigenvalue weighted by Gasteiger charge is -2.25. The first-order chi connectivity index (χ1) is 15.1. The molecule has 3 atom stereocenters. The fraction of sp³-hybridized carbons (Fsp3) is 0.478. The predicted octanol–water partition coefficient (Wildman–Crippen LogP) is 2.56. The Morgan fingerprint density at radius 1 is 1.29 bits per heavy atom. The Bertz CT molecular complexity index is 1060. The minimum Gasteiger partial charge on any atom is -0.348 e. The average Bonchev–Trinajstić information content (AvgIpc) is 3.52. The zero-order valence-corrected chi connectivity index (χ0v) is 18.0. The Morgan fingerprint density at radius 3 is 2.84 bits per heavy atom. The van der Waals surface area contributed by atoms with Gasteiger partial charge in [0.25, 0.3) is 5.91 Å². The van der Waals surface area contributed by atoms with E-state index in [1.165, 1.54) is 5.56 Å². The number of aryl methyl sites for hydroxylation is 2. The highest BCUT2D eigenvalue weighted by molar-refractivity contribution is 5.92. The van der Waals surface area contributed by atoms with E-state index >= 15 is 0 Å². The second kappa shape index (κ2) is 7.92. The van der Waals surface area contributed by atoms with Crippen molar-refractivity contribution in [3.8, 4) is 0 Å². The Balaban J connectivity index is 1.34. The summed E-state index contributed by atoms with van der Waals surface area (Å²) in [7, 11) is 0. The number of carbonyl (C=O) groups is 1. The van der Waals surface area contributed by atoms with Crippen molar-refractivity contribution in [2.75, 3.05) is 13.1 Å². The minimum atomic E-state index is -0.225. The molecular weight excluding hydrogens is 392 g/mol. The van der Waals surface area contributed by atoms with Crippen molar-refractivity contribution >= 4 is 5.91 Å². The predicted molar refractivity (Wildman–Crippen MR) is 114 cm³/mol. The third-order valence-corrected chi connectivity index (χ3v) is 6.68. The van der Waals surface area contributed by atoms with Crippen LogP contribution in [0.25, 0.3) is 0 Å². The number of hydrogen-bond donors (Lipinski definition) is 1. The van der Waals surface area contributed by atoms with Gasteiger partial charge in [-0.05, 0) is 44.2 Å². The fourth-order valence-corrected chi connectivity index (χ4v) is 5.30. The van der Waals surface area contributed by atoms with Crippen LogP contribution >= 0.6 is 0 Å². The van der Waals surface area contributed by atoms with Crippen molar-refractivity contribution in [2.24, 2.45) is 5.92 Å². The average molecular weight is 421 g/mol. The van der Waals surface area contributed by atoms with E-state index in [0.717, 1.165) is 39.0 Å². The topological polar surface area (TPSA) is 89.1 Å². The molecule has 2 aromatic heterocycles. The molecule has 1 amide bonds. The molecule has 5 rings (SSSR count). The van der Waals surface area contributed by atoms with Gasteiger partial charge in [-0.1, -0.05) is 35.5 Å². The summed E-state index contributed by atoms with van der Waals surface area (Å²) in [6.07, 6.45) is 3.53. The van der Waals surface area contributed by atoms with Crippen LogP contribution in [0.3, 0.4) is 0 Å². The molecule has 1 aromatic carbocycles. The van der Waals surface area contributed by atoms with Crippen LogP contribution < -0.4 is 5.32 Å². The number of likely N-dealkylation sites (tertiary alicyclic amines) is 1. The van der Waals surface area contributed by atoms with Crippen LogP contribution in [0.2, 0.25) is 0 Å². The van der Waals surface area contributed by atoms with Gasteiger partial charge in [-0.15, -0.1) is 0 Å². The summed E-state index contributed by atoms with van der Waals surface area (Å²) in [5.74, 6) is 1.60. The van der Waals surface area contributed by atoms with Gasteiger partial charge in [0, 0.05) is 38.4 Å². The van der Waals surface area contributed by atoms with Crippen molar-refractivity contribution in [3.63, 3.8) is 0 Å². The first-order valence-electron chi connectivity index (χ1n) is 11.0. The van der Waals surface area contributed by atoms with E-state index in [9.17, 15) is 4.79 Å². The number of benzene rings is 1. The van der Waals surface area contributed by atoms with E-state index in [0.29, 0.717) is 23.3 Å². The second-order valence-electron chi connectivity index (χ2n) is 8.82. The van der Waals surface area contributed by atoms with Gasteiger partial charge in [-0.25, -0.2) is 0 Å². The third-order valence-electron chi connectivity index (χ3n) is 6.68. The molecule has 1 N–H and O–H groups in total. The summed E-state index contributed by atoms with van der Waals surface area (Å²) in [6.45, 7) is 7.31. The molecular formula is C23H28N6O2. The van der Waals surface area contributed by atoms with Crippen LogP contribution in [-0.4, -0.2) is 49.9 Å². The maximum Gasteiger partial charge on any atom is 0.271 e. The summed E-state index contributed by atoms with van der Waals surface area (Å²) in [5, 5.41) is 11.6. The number of fused-ring (bicyclic) bond motifs is 1. The zero-order chi connectivity index (χ0) is 21.4. The summed E-state index contributed by atoms with van der Waals surface area (Å²) >= 11 is 0. The van der Waals surface area contributed by atoms with Gasteiger partial charge in [0.1, 0.15) is 5.69 Å². The third kappa shape index (κ3) is 3.76. The molecule has 1 saturated heterocycles. The highest BCUT2D eigenvalue weighted by Crippen LogP contribution is 2.50. The SMILES string of the molecule is CCn1ccc(C(=O)NC2CC3CN(Cc4ccccc4)CC3(c3nc(C)no3)C2)n1. The number of amides is 1. The molecule has 1 saturated carbocycles. The van der Waals surface area contributed by atoms with Gasteiger partial charge in [-0.2, -0.15) is 10.1 Å². The van der Waals surface area contributed by atoms with E-state index in [1.54, 1.807) is 10.7 Å². The molecule has 3 aromatic rings. The molecule has 2 aliphatic rings. The molecule has 3 heterocycles. The number of hydrogen-bond acceptors (Lipinski definition) is 6. The Morgan fingerprint density at radius 2 is 2.13 bits per heavy atom. The molecule has 8 nitrogen and oxygen atoms in total. The van der Waals surface area contributed by atoms with Gasteiger partial charge in [0.15, 0.2) is 5.82 Å². The van der Waals surface area contributed by atoms with E-state index < -0.39 is 0 Å². The fourth-order valence-electron chi connectivity index (χ4n) is 5.30. The highest BCUT2D eigenvalue weighted by atomic mass is 16.5. The van der Waals surface area contributed by atoms with E-state index in [4.69, 9.17) is 4.52 Å². The van der Waals surface area contributed by atoms with Crippen molar-refractivity contribution in [1.82, 2.24) is 30.1 Å². The monoisotopic (exact) mass is 420 g/mol. The quantitative estimate of drug-likeness (QED) is 0.659. The molecule has 2 fully saturated rings. The smallest absolute Gasteiger partial charge is 0.271 e. The number of carbonyl (C=O) groups excluding carboxylic acids is 1. The molecule has 31 heavy (non-hydrogen) atoms. The maximum atomic E-state index is 12.8. The Kier molecular flexibility index (Phi) is 5.09. The van der Waals surface area contributed by atoms with Crippen LogP contribution in [0.15, 0.2) is 47.1 Å². The second-order valence-corrected chi connectivity index (χ2v) is 8.82. The summed E-state index contributed by atoms with van der Waals surface area (Å²) in [5.41, 5.74) is 1.54. The van der Waals surface area contributed by atoms with Crippen LogP contribution in [-0.2, 0) is 18.5 Å². The van der Waals surface area contributed by atoms with Crippen LogP contribution in [0.4, 0.5) is 0 Å². The van der Waals surface area contributed by atoms with Gasteiger partial charge in [-0.3, -0.25) is 14.4 Å². The lowest BCUT2D eigenvalue weighted by Crippen LogP contribution is -2.38. The molecule has 1 aliphatic carbocycles. The minimum absolute atomic E-state index is 0.0651. The summed E-state index contributed by atoms with van der Waals surface area (Å²) < 4.78 is 7.46. The van der Waals surface area contributed by atoms with Crippen molar-refractivity contribution in [1.29, 1.82) is 0 Å². The van der Waals surface area contributed by atoms with E-state index in [-0.39, 0.29) is 17.4 Å². The molecule has 0 bridgehead atoms. The molecule has 0 spiro atoms. The maximum absolute atomic E-state index is 12.8. The van der Waals surface area contributed by atoms with Gasteiger partial charge < -0.3 is 9.84 Å². The number of nitrogens with one attached hydrogen (secondary N) is 1. The van der Waals surface area contributed by atoms with Gasteiger partial charge >= 0.3 is 0 Å². The van der Waals surface area contributed by atoms with Crippen LogP contribution in [0, 0.1) is 12.8 Å². The molecule has 1 aliphatic heterocycles. The number of rotatable bonds is 6. The van der Waals surface area contributed by atoms with Crippen molar-refractivity contribution in [2.45, 2.75) is 51.2 Å². The molecule has 8 heteroatoms. The van der Waals surface area contributed by atoms with Crippen molar-refractivity contribution in [3.05, 3.63) is 65.6 Å². The van der Waals surface area contributed by atoms with Gasteiger partial charge in [0.05, 0.1) is 5.41 Å². The standard InChI is InChI=1S/C23H28N6O2/c1-3-29-10-9-20(26-29)21(30)25-19-11-18-14-28(13-17-7-5-4-6-8-17)15-23(18,12-19)22-24-16(2)27-31-22/h4-10,18-19H,3,11-15H2,1-2H3,(H,25,30). The van der Waals surface area contributed by atoms with Crippen LogP contribution in [0.5, 0.6) is 0 Å². The Hall–Kier alpha value is -3.00. The lowest BCUT2D eigenvalue weighted by atomic mass is 9.80. The first-order valence-corrected chi connectivity index (χ1v) is 11.0. The molecule has 162 valence electrons. The molecule has 0 radical (unpaired) electrons. The van der Waals surface area contributed by atoms with Crippen molar-refractivity contribution < 1.29 is 9.32 Å².